The molecule has 2 aliphatic carbocycles. The van der Waals surface area contributed by atoms with Crippen LogP contribution >= 0.6 is 0 Å². The molecule has 1 unspecified atom stereocenters. The summed E-state index contributed by atoms with van der Waals surface area (Å²) in [5.74, 6) is 6.17. The van der Waals surface area contributed by atoms with Crippen molar-refractivity contribution in [2.45, 2.75) is 45.6 Å². The van der Waals surface area contributed by atoms with Crippen molar-refractivity contribution in [2.75, 3.05) is 0 Å². The predicted molar refractivity (Wildman–Crippen MR) is 117 cm³/mol. The van der Waals surface area contributed by atoms with Gasteiger partial charge in [0.2, 0.25) is 0 Å². The fraction of sp³-hybridized carbons (Fsp3) is 0.259. The van der Waals surface area contributed by atoms with Crippen molar-refractivity contribution in [2.24, 2.45) is 5.73 Å². The van der Waals surface area contributed by atoms with Crippen molar-refractivity contribution in [3.63, 3.8) is 0 Å². The Kier molecular flexibility index (Phi) is 3.32. The lowest BCUT2D eigenvalue weighted by molar-refractivity contribution is 0.619. The van der Waals surface area contributed by atoms with Crippen LogP contribution < -0.4 is 5.73 Å². The summed E-state index contributed by atoms with van der Waals surface area (Å²) >= 11 is 0. The van der Waals surface area contributed by atoms with E-state index in [1.165, 1.54) is 50.1 Å². The second-order valence-electron chi connectivity index (χ2n) is 8.96. The molecule has 1 heteroatoms. The summed E-state index contributed by atoms with van der Waals surface area (Å²) < 4.78 is 0. The number of nitrogens with two attached hydrogens (primary N) is 1. The molecule has 0 amide bonds. The second kappa shape index (κ2) is 5.37. The summed E-state index contributed by atoms with van der Waals surface area (Å²) in [5, 5.41) is 0. The highest BCUT2D eigenvalue weighted by atomic mass is 14.7. The molecule has 138 valence electrons. The van der Waals surface area contributed by atoms with E-state index >= 15 is 0 Å². The van der Waals surface area contributed by atoms with Gasteiger partial charge in [-0.25, -0.2) is 0 Å². The molecule has 0 spiro atoms. The third-order valence-corrected chi connectivity index (χ3v) is 6.67. The van der Waals surface area contributed by atoms with Crippen molar-refractivity contribution in [3.05, 3.63) is 81.9 Å². The van der Waals surface area contributed by atoms with Crippen LogP contribution in [-0.4, -0.2) is 0 Å². The molecule has 0 heterocycles. The summed E-state index contributed by atoms with van der Waals surface area (Å²) in [6.45, 7) is 10.8. The van der Waals surface area contributed by atoms with E-state index in [9.17, 15) is 0 Å². The number of fused-ring (bicyclic) bond motifs is 6. The smallest absolute Gasteiger partial charge is 0.0649 e. The maximum atomic E-state index is 6.92. The molecule has 0 fully saturated rings. The van der Waals surface area contributed by atoms with E-state index in [1.807, 2.05) is 6.92 Å². The van der Waals surface area contributed by atoms with Crippen molar-refractivity contribution < 1.29 is 0 Å². The predicted octanol–water partition coefficient (Wildman–Crippen LogP) is 5.88. The highest BCUT2D eigenvalue weighted by Gasteiger charge is 2.41. The van der Waals surface area contributed by atoms with E-state index in [2.05, 4.69) is 88.1 Å². The number of benzene rings is 3. The van der Waals surface area contributed by atoms with Crippen molar-refractivity contribution in [1.29, 1.82) is 0 Å². The van der Waals surface area contributed by atoms with E-state index in [-0.39, 0.29) is 5.41 Å². The van der Waals surface area contributed by atoms with Gasteiger partial charge < -0.3 is 5.73 Å². The number of hydrogen-bond acceptors (Lipinski definition) is 1. The lowest BCUT2D eigenvalue weighted by Crippen LogP contribution is -2.32. The minimum absolute atomic E-state index is 0.00685. The van der Waals surface area contributed by atoms with Crippen molar-refractivity contribution in [3.8, 4) is 34.1 Å². The van der Waals surface area contributed by atoms with Gasteiger partial charge in [0.05, 0.1) is 5.54 Å². The lowest BCUT2D eigenvalue weighted by Gasteiger charge is -2.24. The number of aryl methyl sites for hydroxylation is 1. The zero-order valence-electron chi connectivity index (χ0n) is 17.2. The minimum atomic E-state index is -0.511. The first-order chi connectivity index (χ1) is 13.2. The lowest BCUT2D eigenvalue weighted by atomic mass is 9.80. The van der Waals surface area contributed by atoms with Crippen LogP contribution in [-0.2, 0) is 11.0 Å². The zero-order chi connectivity index (χ0) is 19.8. The van der Waals surface area contributed by atoms with Gasteiger partial charge in [0.15, 0.2) is 0 Å². The molecule has 3 aromatic carbocycles. The van der Waals surface area contributed by atoms with E-state index in [1.54, 1.807) is 0 Å². The Bertz CT molecular complexity index is 1230. The monoisotopic (exact) mass is 363 g/mol. The van der Waals surface area contributed by atoms with Gasteiger partial charge in [-0.05, 0) is 89.5 Å². The first-order valence-electron chi connectivity index (χ1n) is 9.92. The Morgan fingerprint density at radius 1 is 0.714 bits per heavy atom. The van der Waals surface area contributed by atoms with E-state index in [0.29, 0.717) is 0 Å². The summed E-state index contributed by atoms with van der Waals surface area (Å²) in [6.07, 6.45) is 0. The molecule has 0 radical (unpaired) electrons. The molecule has 2 aliphatic rings. The molecule has 28 heavy (non-hydrogen) atoms. The van der Waals surface area contributed by atoms with Crippen LogP contribution in [0.1, 0.15) is 61.1 Å². The highest BCUT2D eigenvalue weighted by Crippen LogP contribution is 2.54. The van der Waals surface area contributed by atoms with Gasteiger partial charge in [-0.3, -0.25) is 0 Å². The maximum absolute atomic E-state index is 6.92. The summed E-state index contributed by atoms with van der Waals surface area (Å²) in [7, 11) is 0. The Morgan fingerprint density at radius 2 is 1.29 bits per heavy atom. The molecule has 0 aliphatic heterocycles. The van der Waals surface area contributed by atoms with Gasteiger partial charge >= 0.3 is 0 Å². The molecule has 0 bridgehead atoms. The zero-order valence-corrected chi connectivity index (χ0v) is 17.2. The van der Waals surface area contributed by atoms with E-state index in [4.69, 9.17) is 5.73 Å². The van der Waals surface area contributed by atoms with Crippen LogP contribution in [0.15, 0.2) is 48.5 Å². The van der Waals surface area contributed by atoms with Gasteiger partial charge in [0.1, 0.15) is 0 Å². The molecule has 1 atom stereocenters. The molecule has 1 nitrogen and oxygen atoms in total. The SMILES string of the molecule is CC#Cc1ccc2c(c1)C(C)(N)c1cc3c(cc1-2)C(C)(C)c1cc(C)ccc1-3. The van der Waals surface area contributed by atoms with Crippen molar-refractivity contribution in [1.82, 2.24) is 0 Å². The standard InChI is InChI=1S/C27H25N/c1-6-7-17-9-11-19-21-14-23-20(15-25(21)27(5,28)24(19)13-17)18-10-8-16(2)12-22(18)26(23,3)4/h8-15H,28H2,1-5H3. The third kappa shape index (κ3) is 2.07. The first-order valence-corrected chi connectivity index (χ1v) is 9.92. The van der Waals surface area contributed by atoms with Crippen molar-refractivity contribution >= 4 is 0 Å². The average molecular weight is 364 g/mol. The molecular weight excluding hydrogens is 338 g/mol. The fourth-order valence-corrected chi connectivity index (χ4v) is 5.12. The van der Waals surface area contributed by atoms with Crippen LogP contribution in [0.25, 0.3) is 22.3 Å². The van der Waals surface area contributed by atoms with E-state index in [0.717, 1.165) is 5.56 Å². The normalized spacial score (nSPS) is 19.9. The molecule has 0 aromatic heterocycles. The van der Waals surface area contributed by atoms with Gasteiger partial charge in [0, 0.05) is 11.0 Å². The van der Waals surface area contributed by atoms with E-state index < -0.39 is 5.54 Å². The molecule has 3 aromatic rings. The first kappa shape index (κ1) is 17.3. The highest BCUT2D eigenvalue weighted by molar-refractivity contribution is 5.89. The summed E-state index contributed by atoms with van der Waals surface area (Å²) in [4.78, 5) is 0. The van der Waals surface area contributed by atoms with Crippen LogP contribution in [0.2, 0.25) is 0 Å². The largest absolute Gasteiger partial charge is 0.318 e. The molecule has 0 saturated carbocycles. The van der Waals surface area contributed by atoms with Crippen LogP contribution in [0.3, 0.4) is 0 Å². The number of hydrogen-bond donors (Lipinski definition) is 1. The van der Waals surface area contributed by atoms with Crippen LogP contribution in [0.4, 0.5) is 0 Å². The third-order valence-electron chi connectivity index (χ3n) is 6.67. The minimum Gasteiger partial charge on any atom is -0.318 e. The topological polar surface area (TPSA) is 26.0 Å². The summed E-state index contributed by atoms with van der Waals surface area (Å²) in [5.41, 5.74) is 19.1. The van der Waals surface area contributed by atoms with Crippen LogP contribution in [0, 0.1) is 18.8 Å². The Balaban J connectivity index is 1.80. The molecule has 0 saturated heterocycles. The maximum Gasteiger partial charge on any atom is 0.0649 e. The van der Waals surface area contributed by atoms with Crippen LogP contribution in [0.5, 0.6) is 0 Å². The Labute approximate surface area is 167 Å². The Hall–Kier alpha value is -2.82. The molecule has 5 rings (SSSR count). The average Bonchev–Trinajstić information content (AvgIpc) is 3.00. The van der Waals surface area contributed by atoms with Gasteiger partial charge in [-0.2, -0.15) is 0 Å². The quantitative estimate of drug-likeness (QED) is 0.496. The Morgan fingerprint density at radius 3 is 2.04 bits per heavy atom. The second-order valence-corrected chi connectivity index (χ2v) is 8.96. The van der Waals surface area contributed by atoms with Gasteiger partial charge in [-0.1, -0.05) is 49.6 Å². The van der Waals surface area contributed by atoms with Gasteiger partial charge in [-0.15, -0.1) is 5.92 Å². The summed E-state index contributed by atoms with van der Waals surface area (Å²) in [6, 6.07) is 18.0. The molecule has 2 N–H and O–H groups in total. The fourth-order valence-electron chi connectivity index (χ4n) is 5.12. The van der Waals surface area contributed by atoms with Gasteiger partial charge in [0.25, 0.3) is 0 Å². The molecular formula is C27H25N. The number of rotatable bonds is 0.